The lowest BCUT2D eigenvalue weighted by Gasteiger charge is -2.37. The predicted octanol–water partition coefficient (Wildman–Crippen LogP) is 2.89. The first-order valence-corrected chi connectivity index (χ1v) is 8.47. The Morgan fingerprint density at radius 1 is 1.40 bits per heavy atom. The highest BCUT2D eigenvalue weighted by atomic mass is 16.5. The second-order valence-corrected chi connectivity index (χ2v) is 6.51. The van der Waals surface area contributed by atoms with Crippen molar-refractivity contribution in [2.75, 3.05) is 0 Å². The summed E-state index contributed by atoms with van der Waals surface area (Å²) in [6, 6.07) is 5.04. The van der Waals surface area contributed by atoms with E-state index in [9.17, 15) is 14.7 Å². The van der Waals surface area contributed by atoms with Crippen molar-refractivity contribution >= 4 is 11.9 Å². The quantitative estimate of drug-likeness (QED) is 0.865. The molecule has 0 radical (unpaired) electrons. The molecule has 7 nitrogen and oxygen atoms in total. The number of aromatic nitrogens is 2. The van der Waals surface area contributed by atoms with Crippen molar-refractivity contribution in [3.8, 4) is 11.3 Å². The Kier molecular flexibility index (Phi) is 4.83. The normalized spacial score (nSPS) is 23.2. The van der Waals surface area contributed by atoms with Gasteiger partial charge in [-0.2, -0.15) is 0 Å². The number of hydrogen-bond acceptors (Lipinski definition) is 5. The van der Waals surface area contributed by atoms with E-state index in [-0.39, 0.29) is 5.69 Å². The van der Waals surface area contributed by atoms with Gasteiger partial charge >= 0.3 is 5.97 Å². The van der Waals surface area contributed by atoms with Crippen LogP contribution in [-0.4, -0.2) is 32.7 Å². The fourth-order valence-electron chi connectivity index (χ4n) is 3.28. The van der Waals surface area contributed by atoms with Crippen LogP contribution in [0.15, 0.2) is 35.1 Å². The highest BCUT2D eigenvalue weighted by Crippen LogP contribution is 2.34. The smallest absolute Gasteiger partial charge is 0.329 e. The molecule has 7 heteroatoms. The molecule has 0 aliphatic heterocycles. The van der Waals surface area contributed by atoms with Gasteiger partial charge in [0, 0.05) is 24.0 Å². The van der Waals surface area contributed by atoms with Crippen molar-refractivity contribution in [2.24, 2.45) is 5.92 Å². The lowest BCUT2D eigenvalue weighted by molar-refractivity contribution is -0.146. The number of nitrogens with one attached hydrogen (secondary N) is 1. The Hall–Kier alpha value is -2.70. The van der Waals surface area contributed by atoms with Gasteiger partial charge in [0.15, 0.2) is 11.5 Å². The van der Waals surface area contributed by atoms with Crippen molar-refractivity contribution in [1.29, 1.82) is 0 Å². The average molecular weight is 343 g/mol. The van der Waals surface area contributed by atoms with Crippen LogP contribution in [-0.2, 0) is 4.79 Å². The van der Waals surface area contributed by atoms with Gasteiger partial charge < -0.3 is 14.9 Å². The van der Waals surface area contributed by atoms with Crippen LogP contribution in [0, 0.1) is 5.92 Å². The number of amides is 1. The van der Waals surface area contributed by atoms with Crippen LogP contribution >= 0.6 is 0 Å². The highest BCUT2D eigenvalue weighted by molar-refractivity contribution is 5.97. The monoisotopic (exact) mass is 343 g/mol. The number of aliphatic carboxylic acids is 1. The molecule has 0 aromatic carbocycles. The Balaban J connectivity index is 1.75. The van der Waals surface area contributed by atoms with Crippen LogP contribution in [0.5, 0.6) is 0 Å². The number of carboxylic acid groups (broad SMARTS) is 1. The molecule has 0 bridgehead atoms. The van der Waals surface area contributed by atoms with E-state index in [1.54, 1.807) is 24.5 Å². The molecule has 2 heterocycles. The van der Waals surface area contributed by atoms with Crippen molar-refractivity contribution < 1.29 is 19.2 Å². The maximum absolute atomic E-state index is 12.5. The van der Waals surface area contributed by atoms with E-state index in [4.69, 9.17) is 4.52 Å². The van der Waals surface area contributed by atoms with Gasteiger partial charge in [0.2, 0.25) is 0 Å². The van der Waals surface area contributed by atoms with Gasteiger partial charge in [-0.15, -0.1) is 0 Å². The molecule has 2 aromatic heterocycles. The summed E-state index contributed by atoms with van der Waals surface area (Å²) in [6.45, 7) is 2.10. The first-order valence-electron chi connectivity index (χ1n) is 8.47. The lowest BCUT2D eigenvalue weighted by atomic mass is 9.75. The highest BCUT2D eigenvalue weighted by Gasteiger charge is 2.43. The summed E-state index contributed by atoms with van der Waals surface area (Å²) in [6.07, 6.45) is 6.72. The third-order valence-electron chi connectivity index (χ3n) is 4.99. The van der Waals surface area contributed by atoms with Crippen LogP contribution in [0.25, 0.3) is 11.3 Å². The molecular formula is C18H21N3O4. The van der Waals surface area contributed by atoms with Crippen LogP contribution in [0.4, 0.5) is 0 Å². The molecule has 132 valence electrons. The molecule has 2 N–H and O–H groups in total. The molecule has 0 atom stereocenters. The molecule has 3 rings (SSSR count). The van der Waals surface area contributed by atoms with Crippen molar-refractivity contribution in [1.82, 2.24) is 15.5 Å². The minimum Gasteiger partial charge on any atom is -0.480 e. The summed E-state index contributed by atoms with van der Waals surface area (Å²) < 4.78 is 5.19. The molecule has 1 saturated carbocycles. The minimum atomic E-state index is -1.23. The summed E-state index contributed by atoms with van der Waals surface area (Å²) >= 11 is 0. The van der Waals surface area contributed by atoms with Crippen LogP contribution in [0.3, 0.4) is 0 Å². The van der Waals surface area contributed by atoms with Gasteiger partial charge in [-0.1, -0.05) is 18.5 Å². The summed E-state index contributed by atoms with van der Waals surface area (Å²) in [7, 11) is 0. The number of rotatable bonds is 5. The van der Waals surface area contributed by atoms with E-state index in [1.165, 1.54) is 6.07 Å². The van der Waals surface area contributed by atoms with E-state index >= 15 is 0 Å². The number of carboxylic acids is 1. The van der Waals surface area contributed by atoms with E-state index < -0.39 is 17.4 Å². The molecule has 0 unspecified atom stereocenters. The lowest BCUT2D eigenvalue weighted by Crippen LogP contribution is -2.56. The van der Waals surface area contributed by atoms with E-state index in [0.29, 0.717) is 30.1 Å². The Morgan fingerprint density at radius 3 is 2.76 bits per heavy atom. The van der Waals surface area contributed by atoms with Gasteiger partial charge in [0.1, 0.15) is 5.54 Å². The van der Waals surface area contributed by atoms with E-state index in [2.05, 4.69) is 22.4 Å². The summed E-state index contributed by atoms with van der Waals surface area (Å²) in [5.41, 5.74) is -0.460. The second kappa shape index (κ2) is 7.04. The summed E-state index contributed by atoms with van der Waals surface area (Å²) in [5.74, 6) is -0.589. The van der Waals surface area contributed by atoms with Crippen molar-refractivity contribution in [3.63, 3.8) is 0 Å². The maximum Gasteiger partial charge on any atom is 0.329 e. The Morgan fingerprint density at radius 2 is 2.16 bits per heavy atom. The molecule has 0 saturated heterocycles. The SMILES string of the molecule is CCC1CCC(NC(=O)c2cc(-c3cccnc3)on2)(C(=O)O)CC1. The first kappa shape index (κ1) is 17.1. The zero-order valence-electron chi connectivity index (χ0n) is 14.1. The number of hydrogen-bond donors (Lipinski definition) is 2. The standard InChI is InChI=1S/C18H21N3O4/c1-2-12-5-7-18(8-6-12,17(23)24)20-16(22)14-10-15(25-21-14)13-4-3-9-19-11-13/h3-4,9-12H,2,5-8H2,1H3,(H,20,22)(H,23,24). The maximum atomic E-state index is 12.5. The Labute approximate surface area is 145 Å². The van der Waals surface area contributed by atoms with E-state index in [0.717, 1.165) is 19.3 Å². The van der Waals surface area contributed by atoms with Crippen LogP contribution in [0.2, 0.25) is 0 Å². The molecule has 25 heavy (non-hydrogen) atoms. The summed E-state index contributed by atoms with van der Waals surface area (Å²) in [4.78, 5) is 28.3. The first-order chi connectivity index (χ1) is 12.0. The van der Waals surface area contributed by atoms with Gasteiger partial charge in [0.05, 0.1) is 0 Å². The second-order valence-electron chi connectivity index (χ2n) is 6.51. The van der Waals surface area contributed by atoms with Gasteiger partial charge in [-0.25, -0.2) is 4.79 Å². The largest absolute Gasteiger partial charge is 0.480 e. The van der Waals surface area contributed by atoms with Crippen LogP contribution in [0.1, 0.15) is 49.5 Å². The Bertz CT molecular complexity index is 749. The molecule has 1 aliphatic carbocycles. The average Bonchev–Trinajstić information content (AvgIpc) is 3.13. The van der Waals surface area contributed by atoms with Gasteiger partial charge in [0.25, 0.3) is 5.91 Å². The molecular weight excluding hydrogens is 322 g/mol. The fourth-order valence-corrected chi connectivity index (χ4v) is 3.28. The van der Waals surface area contributed by atoms with Crippen LogP contribution < -0.4 is 5.32 Å². The fraction of sp³-hybridized carbons (Fsp3) is 0.444. The van der Waals surface area contributed by atoms with Crippen molar-refractivity contribution in [2.45, 2.75) is 44.6 Å². The third-order valence-corrected chi connectivity index (χ3v) is 4.99. The number of carbonyl (C=O) groups excluding carboxylic acids is 1. The molecule has 2 aromatic rings. The topological polar surface area (TPSA) is 105 Å². The number of carbonyl (C=O) groups is 2. The minimum absolute atomic E-state index is 0.0668. The summed E-state index contributed by atoms with van der Waals surface area (Å²) in [5, 5.41) is 16.1. The number of pyridine rings is 1. The van der Waals surface area contributed by atoms with Gasteiger partial charge in [-0.3, -0.25) is 9.78 Å². The predicted molar refractivity (Wildman–Crippen MR) is 89.8 cm³/mol. The number of nitrogens with zero attached hydrogens (tertiary/aromatic N) is 2. The zero-order valence-corrected chi connectivity index (χ0v) is 14.1. The third kappa shape index (κ3) is 3.55. The van der Waals surface area contributed by atoms with Crippen molar-refractivity contribution in [3.05, 3.63) is 36.3 Å². The van der Waals surface area contributed by atoms with Gasteiger partial charge in [-0.05, 0) is 43.7 Å². The molecule has 0 spiro atoms. The van der Waals surface area contributed by atoms with E-state index in [1.807, 2.05) is 0 Å². The zero-order chi connectivity index (χ0) is 17.9. The molecule has 1 fully saturated rings. The molecule has 1 aliphatic rings. The molecule has 1 amide bonds.